The van der Waals surface area contributed by atoms with E-state index in [4.69, 9.17) is 0 Å². The SMILES string of the molecule is [K+].[K+].[K+].[K+].[c-]1ccc2cc(-c3ccc4c[c-]ccc4c3)ccc2c1.[c-]1ccc2ccccc2c1-c1[c-]ccc2ccccc12. The summed E-state index contributed by atoms with van der Waals surface area (Å²) in [6, 6.07) is 63.4. The third-order valence-electron chi connectivity index (χ3n) is 7.39. The van der Waals surface area contributed by atoms with Crippen molar-refractivity contribution in [3.63, 3.8) is 0 Å². The van der Waals surface area contributed by atoms with E-state index in [0.29, 0.717) is 0 Å². The first-order chi connectivity index (χ1) is 19.8. The second kappa shape index (κ2) is 19.5. The summed E-state index contributed by atoms with van der Waals surface area (Å²) in [5.74, 6) is 0. The normalized spacial score (nSPS) is 10.0. The van der Waals surface area contributed by atoms with Crippen LogP contribution >= 0.6 is 0 Å². The molecule has 0 atom stereocenters. The molecule has 0 fully saturated rings. The van der Waals surface area contributed by atoms with Crippen molar-refractivity contribution >= 4 is 43.1 Å². The molecule has 0 amide bonds. The minimum absolute atomic E-state index is 0. The van der Waals surface area contributed by atoms with Crippen molar-refractivity contribution in [3.05, 3.63) is 170 Å². The third kappa shape index (κ3) is 9.32. The average Bonchev–Trinajstić information content (AvgIpc) is 3.04. The number of rotatable bonds is 2. The molecule has 0 radical (unpaired) electrons. The second-order valence-electron chi connectivity index (χ2n) is 9.86. The van der Waals surface area contributed by atoms with Gasteiger partial charge < -0.3 is 0 Å². The van der Waals surface area contributed by atoms with E-state index >= 15 is 0 Å². The molecule has 0 aliphatic rings. The first-order valence-corrected chi connectivity index (χ1v) is 13.4. The second-order valence-corrected chi connectivity index (χ2v) is 9.86. The van der Waals surface area contributed by atoms with Crippen molar-refractivity contribution in [1.29, 1.82) is 0 Å². The molecular formula is C40H24K4. The van der Waals surface area contributed by atoms with Crippen LogP contribution < -0.4 is 206 Å². The van der Waals surface area contributed by atoms with Crippen LogP contribution in [0.3, 0.4) is 0 Å². The maximum atomic E-state index is 3.39. The van der Waals surface area contributed by atoms with Gasteiger partial charge in [-0.3, -0.25) is 0 Å². The van der Waals surface area contributed by atoms with Crippen molar-refractivity contribution in [2.24, 2.45) is 0 Å². The smallest absolute Gasteiger partial charge is 0.218 e. The van der Waals surface area contributed by atoms with Crippen LogP contribution in [0.1, 0.15) is 0 Å². The fourth-order valence-corrected chi connectivity index (χ4v) is 5.35. The average molecular weight is 661 g/mol. The number of benzene rings is 8. The van der Waals surface area contributed by atoms with Gasteiger partial charge in [0.1, 0.15) is 0 Å². The van der Waals surface area contributed by atoms with Gasteiger partial charge >= 0.3 is 206 Å². The standard InChI is InChI=1S/2C20H12.4K/c1-3-11-17-15(7-1)9-5-13-19(17)20-14-6-10-16-8-2-4-12-18(16)20;1-3-7-17-13-19(11-9-15(17)5-1)20-12-10-16-6-2-4-8-18(16)14-20;;;;/h1-12H;3-14H;;;;/q2*-2;4*+1. The van der Waals surface area contributed by atoms with Crippen molar-refractivity contribution in [1.82, 2.24) is 0 Å². The molecule has 0 spiro atoms. The number of hydrogen-bond acceptors (Lipinski definition) is 0. The summed E-state index contributed by atoms with van der Waals surface area (Å²) in [4.78, 5) is 0. The van der Waals surface area contributed by atoms with Crippen LogP contribution in [-0.2, 0) is 0 Å². The molecule has 0 aromatic heterocycles. The molecule has 4 heteroatoms. The zero-order valence-corrected chi connectivity index (χ0v) is 38.3. The quantitative estimate of drug-likeness (QED) is 0.157. The summed E-state index contributed by atoms with van der Waals surface area (Å²) >= 11 is 0. The Bertz CT molecular complexity index is 1970. The molecule has 44 heavy (non-hydrogen) atoms. The van der Waals surface area contributed by atoms with Crippen molar-refractivity contribution in [3.8, 4) is 22.3 Å². The van der Waals surface area contributed by atoms with E-state index < -0.39 is 0 Å². The fourth-order valence-electron chi connectivity index (χ4n) is 5.35. The third-order valence-corrected chi connectivity index (χ3v) is 7.39. The zero-order chi connectivity index (χ0) is 26.7. The predicted octanol–water partition coefficient (Wildman–Crippen LogP) is -1.46. The van der Waals surface area contributed by atoms with E-state index in [2.05, 4.69) is 133 Å². The van der Waals surface area contributed by atoms with Gasteiger partial charge in [0.25, 0.3) is 0 Å². The molecule has 188 valence electrons. The first-order valence-electron chi connectivity index (χ1n) is 13.4. The van der Waals surface area contributed by atoms with E-state index in [0.717, 1.165) is 11.1 Å². The van der Waals surface area contributed by atoms with Crippen LogP contribution in [0.2, 0.25) is 0 Å². The molecule has 0 aliphatic carbocycles. The maximum Gasteiger partial charge on any atom is 1.00 e. The Hall–Kier alpha value is 1.35. The Labute approximate surface area is 430 Å². The van der Waals surface area contributed by atoms with Crippen molar-refractivity contribution in [2.75, 3.05) is 0 Å². The Morgan fingerprint density at radius 2 is 0.750 bits per heavy atom. The van der Waals surface area contributed by atoms with Gasteiger partial charge in [0.05, 0.1) is 0 Å². The van der Waals surface area contributed by atoms with Gasteiger partial charge in [-0.15, -0.1) is 79.5 Å². The Kier molecular flexibility index (Phi) is 17.6. The van der Waals surface area contributed by atoms with Gasteiger partial charge in [-0.1, -0.05) is 60.7 Å². The summed E-state index contributed by atoms with van der Waals surface area (Å²) < 4.78 is 0. The maximum absolute atomic E-state index is 3.39. The monoisotopic (exact) mass is 660 g/mol. The molecular weight excluding hydrogens is 637 g/mol. The van der Waals surface area contributed by atoms with Gasteiger partial charge in [-0.05, 0) is 11.1 Å². The summed E-state index contributed by atoms with van der Waals surface area (Å²) in [6.07, 6.45) is 0. The Morgan fingerprint density at radius 1 is 0.341 bits per heavy atom. The van der Waals surface area contributed by atoms with E-state index in [1.165, 1.54) is 54.2 Å². The molecule has 0 N–H and O–H groups in total. The van der Waals surface area contributed by atoms with Gasteiger partial charge in [0, 0.05) is 0 Å². The summed E-state index contributed by atoms with van der Waals surface area (Å²) in [5.41, 5.74) is 4.75. The molecule has 8 aromatic rings. The minimum Gasteiger partial charge on any atom is -0.218 e. The van der Waals surface area contributed by atoms with E-state index in [1.54, 1.807) is 0 Å². The van der Waals surface area contributed by atoms with Crippen molar-refractivity contribution < 1.29 is 206 Å². The van der Waals surface area contributed by atoms with Crippen LogP contribution in [0.4, 0.5) is 0 Å². The minimum atomic E-state index is 0. The predicted molar refractivity (Wildman–Crippen MR) is 169 cm³/mol. The molecule has 8 aromatic carbocycles. The summed E-state index contributed by atoms with van der Waals surface area (Å²) in [5, 5.41) is 9.89. The van der Waals surface area contributed by atoms with Gasteiger partial charge in [-0.2, -0.15) is 72.8 Å². The number of hydrogen-bond donors (Lipinski definition) is 0. The molecule has 0 bridgehead atoms. The van der Waals surface area contributed by atoms with Crippen LogP contribution in [0.5, 0.6) is 0 Å². The first kappa shape index (κ1) is 39.8. The van der Waals surface area contributed by atoms with Crippen LogP contribution in [-0.4, -0.2) is 0 Å². The molecule has 0 heterocycles. The van der Waals surface area contributed by atoms with Crippen LogP contribution in [0.25, 0.3) is 65.3 Å². The summed E-state index contributed by atoms with van der Waals surface area (Å²) in [7, 11) is 0. The zero-order valence-electron chi connectivity index (χ0n) is 25.9. The molecule has 0 saturated heterocycles. The molecule has 0 aliphatic heterocycles. The topological polar surface area (TPSA) is 0 Å². The number of fused-ring (bicyclic) bond motifs is 4. The van der Waals surface area contributed by atoms with E-state index in [1.807, 2.05) is 36.4 Å². The van der Waals surface area contributed by atoms with Crippen LogP contribution in [0.15, 0.2) is 146 Å². The fraction of sp³-hybridized carbons (Fsp3) is 0. The van der Waals surface area contributed by atoms with Gasteiger partial charge in [-0.25, -0.2) is 11.1 Å². The van der Waals surface area contributed by atoms with E-state index in [9.17, 15) is 0 Å². The van der Waals surface area contributed by atoms with Gasteiger partial charge in [0.15, 0.2) is 0 Å². The molecule has 0 nitrogen and oxygen atoms in total. The van der Waals surface area contributed by atoms with Crippen molar-refractivity contribution in [2.45, 2.75) is 0 Å². The van der Waals surface area contributed by atoms with Gasteiger partial charge in [0.2, 0.25) is 0 Å². The molecule has 8 rings (SSSR count). The largest absolute Gasteiger partial charge is 1.00 e. The molecule has 0 unspecified atom stereocenters. The molecule has 0 saturated carbocycles. The summed E-state index contributed by atoms with van der Waals surface area (Å²) in [6.45, 7) is 0. The Morgan fingerprint density at radius 3 is 1.20 bits per heavy atom. The Balaban J connectivity index is 0.000000220. The van der Waals surface area contributed by atoms with Crippen LogP contribution in [0, 0.1) is 24.3 Å². The van der Waals surface area contributed by atoms with E-state index in [-0.39, 0.29) is 206 Å².